The summed E-state index contributed by atoms with van der Waals surface area (Å²) in [5.41, 5.74) is 2.85. The van der Waals surface area contributed by atoms with E-state index in [0.717, 1.165) is 22.6 Å². The Morgan fingerprint density at radius 1 is 1.10 bits per heavy atom. The van der Waals surface area contributed by atoms with Crippen molar-refractivity contribution in [3.8, 4) is 5.75 Å². The van der Waals surface area contributed by atoms with Gasteiger partial charge in [-0.3, -0.25) is 9.59 Å². The smallest absolute Gasteiger partial charge is 0.228 e. The molecule has 3 rings (SSSR count). The third kappa shape index (κ3) is 5.44. The van der Waals surface area contributed by atoms with Crippen LogP contribution in [0.15, 0.2) is 47.0 Å². The van der Waals surface area contributed by atoms with Crippen LogP contribution in [-0.2, 0) is 22.6 Å². The van der Waals surface area contributed by atoms with Gasteiger partial charge in [-0.05, 0) is 49.7 Å². The first kappa shape index (κ1) is 21.0. The van der Waals surface area contributed by atoms with Crippen molar-refractivity contribution in [2.24, 2.45) is 0 Å². The van der Waals surface area contributed by atoms with Gasteiger partial charge in [0.15, 0.2) is 0 Å². The molecule has 0 atom stereocenters. The van der Waals surface area contributed by atoms with Crippen molar-refractivity contribution in [2.45, 2.75) is 33.8 Å². The van der Waals surface area contributed by atoms with Crippen LogP contribution < -0.4 is 15.4 Å². The van der Waals surface area contributed by atoms with Crippen molar-refractivity contribution in [3.05, 3.63) is 70.9 Å². The van der Waals surface area contributed by atoms with Crippen LogP contribution in [0.2, 0.25) is 0 Å². The number of aryl methyl sites for hydroxylation is 2. The third-order valence-electron chi connectivity index (χ3n) is 4.41. The number of nitrogens with zero attached hydrogens (tertiary/aromatic N) is 1. The topological polar surface area (TPSA) is 93.5 Å². The summed E-state index contributed by atoms with van der Waals surface area (Å²) in [6, 6.07) is 11.1. The summed E-state index contributed by atoms with van der Waals surface area (Å²) in [6.45, 7) is 5.37. The zero-order chi connectivity index (χ0) is 21.7. The summed E-state index contributed by atoms with van der Waals surface area (Å²) in [5.74, 6) is 0.123. The van der Waals surface area contributed by atoms with E-state index in [1.54, 1.807) is 24.3 Å². The molecule has 2 amide bonds. The number of ether oxygens (including phenoxy) is 1. The fourth-order valence-corrected chi connectivity index (χ4v) is 2.85. The van der Waals surface area contributed by atoms with Gasteiger partial charge in [-0.25, -0.2) is 4.39 Å². The number of hydrogen-bond donors (Lipinski definition) is 2. The molecule has 3 aromatic rings. The molecule has 7 nitrogen and oxygen atoms in total. The van der Waals surface area contributed by atoms with Gasteiger partial charge in [-0.1, -0.05) is 17.3 Å². The third-order valence-corrected chi connectivity index (χ3v) is 4.41. The molecule has 30 heavy (non-hydrogen) atoms. The lowest BCUT2D eigenvalue weighted by Crippen LogP contribution is -2.16. The Balaban J connectivity index is 1.57. The number of halogens is 1. The minimum absolute atomic E-state index is 0.00525. The maximum Gasteiger partial charge on any atom is 0.228 e. The molecule has 1 heterocycles. The number of carbonyl (C=O) groups is 2. The fourth-order valence-electron chi connectivity index (χ4n) is 2.85. The van der Waals surface area contributed by atoms with Gasteiger partial charge in [0.05, 0.1) is 23.4 Å². The van der Waals surface area contributed by atoms with Gasteiger partial charge in [-0.15, -0.1) is 0 Å². The van der Waals surface area contributed by atoms with Gasteiger partial charge < -0.3 is 19.9 Å². The van der Waals surface area contributed by atoms with E-state index in [2.05, 4.69) is 15.8 Å². The number of rotatable bonds is 7. The summed E-state index contributed by atoms with van der Waals surface area (Å²) in [6.07, 6.45) is 0.0634. The number of nitrogens with one attached hydrogen (secondary N) is 2. The first-order valence-electron chi connectivity index (χ1n) is 9.32. The van der Waals surface area contributed by atoms with E-state index in [1.807, 2.05) is 13.8 Å². The fraction of sp³-hybridized carbons (Fsp3) is 0.227. The monoisotopic (exact) mass is 411 g/mol. The SMILES string of the molecule is CC(=O)Nc1ccc(F)c(NC(=O)Cc2ccc(OCc3c(C)noc3C)cc2)c1. The van der Waals surface area contributed by atoms with Crippen LogP contribution in [0, 0.1) is 19.7 Å². The van der Waals surface area contributed by atoms with Crippen molar-refractivity contribution in [3.63, 3.8) is 0 Å². The lowest BCUT2D eigenvalue weighted by Gasteiger charge is -2.10. The Hall–Kier alpha value is -3.68. The van der Waals surface area contributed by atoms with E-state index in [9.17, 15) is 14.0 Å². The summed E-state index contributed by atoms with van der Waals surface area (Å²) >= 11 is 0. The second kappa shape index (κ2) is 9.21. The number of carbonyl (C=O) groups excluding carboxylic acids is 2. The number of hydrogen-bond acceptors (Lipinski definition) is 5. The normalized spacial score (nSPS) is 10.5. The Bertz CT molecular complexity index is 1040. The van der Waals surface area contributed by atoms with Crippen LogP contribution in [0.1, 0.15) is 29.5 Å². The quantitative estimate of drug-likeness (QED) is 0.609. The van der Waals surface area contributed by atoms with Crippen LogP contribution >= 0.6 is 0 Å². The zero-order valence-corrected chi connectivity index (χ0v) is 16.9. The summed E-state index contributed by atoms with van der Waals surface area (Å²) in [5, 5.41) is 8.97. The van der Waals surface area contributed by atoms with Crippen molar-refractivity contribution in [2.75, 3.05) is 10.6 Å². The van der Waals surface area contributed by atoms with E-state index in [4.69, 9.17) is 9.26 Å². The minimum Gasteiger partial charge on any atom is -0.489 e. The molecule has 0 saturated heterocycles. The Labute approximate surface area is 173 Å². The van der Waals surface area contributed by atoms with Crippen molar-refractivity contribution < 1.29 is 23.2 Å². The van der Waals surface area contributed by atoms with Crippen molar-refractivity contribution in [1.29, 1.82) is 0 Å². The Kier molecular flexibility index (Phi) is 6.46. The molecule has 156 valence electrons. The highest BCUT2D eigenvalue weighted by Crippen LogP contribution is 2.21. The molecule has 2 aromatic carbocycles. The number of aromatic nitrogens is 1. The number of benzene rings is 2. The van der Waals surface area contributed by atoms with Gasteiger partial charge in [-0.2, -0.15) is 0 Å². The highest BCUT2D eigenvalue weighted by Gasteiger charge is 2.11. The molecule has 2 N–H and O–H groups in total. The maximum absolute atomic E-state index is 14.0. The predicted molar refractivity (Wildman–Crippen MR) is 110 cm³/mol. The highest BCUT2D eigenvalue weighted by atomic mass is 19.1. The first-order valence-corrected chi connectivity index (χ1v) is 9.32. The number of anilines is 2. The van der Waals surface area contributed by atoms with Gasteiger partial charge in [0.2, 0.25) is 11.8 Å². The highest BCUT2D eigenvalue weighted by molar-refractivity contribution is 5.94. The molecule has 1 aromatic heterocycles. The molecule has 8 heteroatoms. The van der Waals surface area contributed by atoms with Crippen molar-refractivity contribution in [1.82, 2.24) is 5.16 Å². The van der Waals surface area contributed by atoms with Gasteiger partial charge in [0.1, 0.15) is 23.9 Å². The molecule has 0 aliphatic rings. The maximum atomic E-state index is 14.0. The standard InChI is InChI=1S/C22H22FN3O4/c1-13-19(14(2)30-26-13)12-29-18-7-4-16(5-8-18)10-22(28)25-21-11-17(24-15(3)27)6-9-20(21)23/h4-9,11H,10,12H2,1-3H3,(H,24,27)(H,25,28). The van der Waals surface area contributed by atoms with Gasteiger partial charge >= 0.3 is 0 Å². The lowest BCUT2D eigenvalue weighted by molar-refractivity contribution is -0.116. The largest absolute Gasteiger partial charge is 0.489 e. The summed E-state index contributed by atoms with van der Waals surface area (Å²) in [4.78, 5) is 23.4. The molecule has 0 spiro atoms. The molecule has 0 aliphatic heterocycles. The summed E-state index contributed by atoms with van der Waals surface area (Å²) in [7, 11) is 0. The minimum atomic E-state index is -0.583. The van der Waals surface area contributed by atoms with Crippen LogP contribution in [0.3, 0.4) is 0 Å². The molecule has 0 fully saturated rings. The molecule has 0 saturated carbocycles. The van der Waals surface area contributed by atoms with Crippen molar-refractivity contribution >= 4 is 23.2 Å². The predicted octanol–water partition coefficient (Wildman–Crippen LogP) is 4.15. The Morgan fingerprint density at radius 2 is 1.83 bits per heavy atom. The molecule has 0 bridgehead atoms. The molecule has 0 aliphatic carbocycles. The Morgan fingerprint density at radius 3 is 2.47 bits per heavy atom. The second-order valence-corrected chi connectivity index (χ2v) is 6.84. The van der Waals surface area contributed by atoms with Crippen LogP contribution in [0.4, 0.5) is 15.8 Å². The van der Waals surface area contributed by atoms with E-state index in [1.165, 1.54) is 25.1 Å². The lowest BCUT2D eigenvalue weighted by atomic mass is 10.1. The van der Waals surface area contributed by atoms with E-state index in [0.29, 0.717) is 18.0 Å². The second-order valence-electron chi connectivity index (χ2n) is 6.84. The van der Waals surface area contributed by atoms with Crippen LogP contribution in [0.25, 0.3) is 0 Å². The average Bonchev–Trinajstić information content (AvgIpc) is 3.01. The molecular weight excluding hydrogens is 389 g/mol. The van der Waals surface area contributed by atoms with Gasteiger partial charge in [0, 0.05) is 12.6 Å². The van der Waals surface area contributed by atoms with E-state index >= 15 is 0 Å². The first-order chi connectivity index (χ1) is 14.3. The number of amides is 2. The van der Waals surface area contributed by atoms with Crippen LogP contribution in [0.5, 0.6) is 5.75 Å². The summed E-state index contributed by atoms with van der Waals surface area (Å²) < 4.78 is 24.8. The average molecular weight is 411 g/mol. The van der Waals surface area contributed by atoms with E-state index in [-0.39, 0.29) is 23.9 Å². The molecule has 0 unspecified atom stereocenters. The van der Waals surface area contributed by atoms with E-state index < -0.39 is 5.82 Å². The van der Waals surface area contributed by atoms with Gasteiger partial charge in [0.25, 0.3) is 0 Å². The van der Waals surface area contributed by atoms with Crippen LogP contribution in [-0.4, -0.2) is 17.0 Å². The zero-order valence-electron chi connectivity index (χ0n) is 16.9. The molecular formula is C22H22FN3O4. The molecule has 0 radical (unpaired) electrons.